The number of hydrogen-bond donors (Lipinski definition) is 1. The van der Waals surface area contributed by atoms with Gasteiger partial charge in [-0.3, -0.25) is 9.59 Å². The average molecular weight is 584 g/mol. The molecule has 1 N–H and O–H groups in total. The molecule has 1 aromatic heterocycles. The summed E-state index contributed by atoms with van der Waals surface area (Å²) in [5.74, 6) is -1.23. The van der Waals surface area contributed by atoms with Gasteiger partial charge in [-0.1, -0.05) is 64.3 Å². The Bertz CT molecular complexity index is 1220. The minimum absolute atomic E-state index is 0.00805. The van der Waals surface area contributed by atoms with E-state index in [1.807, 2.05) is 31.2 Å². The van der Waals surface area contributed by atoms with Gasteiger partial charge in [-0.05, 0) is 55.2 Å². The Hall–Kier alpha value is -2.22. The molecule has 0 spiro atoms. The van der Waals surface area contributed by atoms with E-state index in [9.17, 15) is 14.0 Å². The maximum Gasteiger partial charge on any atom is 0.308 e. The van der Waals surface area contributed by atoms with E-state index in [2.05, 4.69) is 26.2 Å². The molecule has 1 amide bonds. The summed E-state index contributed by atoms with van der Waals surface area (Å²) in [4.78, 5) is 29.9. The summed E-state index contributed by atoms with van der Waals surface area (Å²) in [5, 5.41) is 4.41. The minimum atomic E-state index is -1.61. The van der Waals surface area contributed by atoms with Crippen LogP contribution in [0.5, 0.6) is 0 Å². The van der Waals surface area contributed by atoms with E-state index in [0.717, 1.165) is 10.0 Å². The molecule has 5 nitrogen and oxygen atoms in total. The number of esters is 1. The van der Waals surface area contributed by atoms with Crippen LogP contribution < -0.4 is 5.32 Å². The summed E-state index contributed by atoms with van der Waals surface area (Å²) >= 11 is 16.2. The molecule has 1 heterocycles. The van der Waals surface area contributed by atoms with Crippen molar-refractivity contribution in [2.45, 2.75) is 51.8 Å². The van der Waals surface area contributed by atoms with Crippen molar-refractivity contribution < 1.29 is 18.7 Å². The molecule has 0 saturated carbocycles. The highest BCUT2D eigenvalue weighted by atomic mass is 79.9. The van der Waals surface area contributed by atoms with E-state index in [1.54, 1.807) is 25.1 Å². The Labute approximate surface area is 222 Å². The molecule has 3 rings (SSSR count). The predicted octanol–water partition coefficient (Wildman–Crippen LogP) is 7.55. The van der Waals surface area contributed by atoms with Gasteiger partial charge in [0.2, 0.25) is 6.36 Å². The fraction of sp³-hybridized carbons (Fsp3) is 0.346. The Balaban J connectivity index is 1.81. The number of carbonyl (C=O) groups excluding carboxylic acids is 2. The van der Waals surface area contributed by atoms with Crippen LogP contribution in [0.1, 0.15) is 60.0 Å². The van der Waals surface area contributed by atoms with Crippen molar-refractivity contribution in [2.24, 2.45) is 0 Å². The summed E-state index contributed by atoms with van der Waals surface area (Å²) in [6.07, 6.45) is -0.561. The smallest absolute Gasteiger partial charge is 0.308 e. The number of nitrogens with zero attached hydrogens (tertiary/aromatic N) is 1. The van der Waals surface area contributed by atoms with Crippen LogP contribution in [0.4, 0.5) is 4.39 Å². The molecule has 35 heavy (non-hydrogen) atoms. The number of rotatable bonds is 10. The van der Waals surface area contributed by atoms with Gasteiger partial charge in [0.25, 0.3) is 5.91 Å². The molecule has 2 atom stereocenters. The number of ether oxygens (including phenoxy) is 1. The quantitative estimate of drug-likeness (QED) is 0.198. The number of nitrogens with one attached hydrogen (secondary N) is 1. The third kappa shape index (κ3) is 7.15. The van der Waals surface area contributed by atoms with Crippen LogP contribution in [0.15, 0.2) is 46.9 Å². The molecular formula is C26H26BrCl2FN2O3. The Kier molecular flexibility index (Phi) is 9.89. The summed E-state index contributed by atoms with van der Waals surface area (Å²) in [7, 11) is 0. The van der Waals surface area contributed by atoms with E-state index in [0.29, 0.717) is 39.9 Å². The summed E-state index contributed by atoms with van der Waals surface area (Å²) in [6, 6.07) is 12.7. The molecule has 0 aliphatic carbocycles. The van der Waals surface area contributed by atoms with Crippen LogP contribution in [-0.4, -0.2) is 29.8 Å². The molecule has 186 valence electrons. The molecule has 3 aromatic rings. The third-order valence-corrected chi connectivity index (χ3v) is 6.89. The zero-order chi connectivity index (χ0) is 25.5. The van der Waals surface area contributed by atoms with Gasteiger partial charge in [-0.15, -0.1) is 0 Å². The zero-order valence-corrected chi connectivity index (χ0v) is 22.5. The largest absolute Gasteiger partial charge is 0.431 e. The fourth-order valence-electron chi connectivity index (χ4n) is 3.85. The number of hydrogen-bond acceptors (Lipinski definition) is 4. The highest BCUT2D eigenvalue weighted by molar-refractivity contribution is 9.10. The van der Waals surface area contributed by atoms with Crippen molar-refractivity contribution in [3.05, 3.63) is 73.8 Å². The van der Waals surface area contributed by atoms with E-state index < -0.39 is 12.3 Å². The van der Waals surface area contributed by atoms with Gasteiger partial charge in [0, 0.05) is 40.2 Å². The lowest BCUT2D eigenvalue weighted by atomic mass is 9.93. The Morgan fingerprint density at radius 1 is 1.17 bits per heavy atom. The maximum absolute atomic E-state index is 13.7. The van der Waals surface area contributed by atoms with Crippen molar-refractivity contribution in [1.82, 2.24) is 10.3 Å². The molecular weight excluding hydrogens is 558 g/mol. The highest BCUT2D eigenvalue weighted by Crippen LogP contribution is 2.30. The van der Waals surface area contributed by atoms with Crippen molar-refractivity contribution >= 4 is 61.9 Å². The second kappa shape index (κ2) is 12.7. The predicted molar refractivity (Wildman–Crippen MR) is 141 cm³/mol. The number of amides is 1. The lowest BCUT2D eigenvalue weighted by Crippen LogP contribution is -2.30. The van der Waals surface area contributed by atoms with Crippen molar-refractivity contribution in [3.63, 3.8) is 0 Å². The monoisotopic (exact) mass is 582 g/mol. The zero-order valence-electron chi connectivity index (χ0n) is 19.4. The Morgan fingerprint density at radius 2 is 1.91 bits per heavy atom. The van der Waals surface area contributed by atoms with Crippen molar-refractivity contribution in [2.75, 3.05) is 6.54 Å². The number of halogens is 4. The van der Waals surface area contributed by atoms with Gasteiger partial charge in [0.05, 0.1) is 11.1 Å². The second-order valence-corrected chi connectivity index (χ2v) is 9.90. The SMILES string of the molecule is CCCC(F)OC(=O)CCC(CNC(=O)c1c(C)c(Cl)nc2ccc(Br)cc12)c1ccccc1Cl. The van der Waals surface area contributed by atoms with Crippen LogP contribution in [0.3, 0.4) is 0 Å². The molecule has 2 aromatic carbocycles. The van der Waals surface area contributed by atoms with Crippen molar-refractivity contribution in [3.8, 4) is 0 Å². The third-order valence-electron chi connectivity index (χ3n) is 5.68. The molecule has 0 bridgehead atoms. The summed E-state index contributed by atoms with van der Waals surface area (Å²) in [6.45, 7) is 3.77. The standard InChI is InChI=1S/C26H26BrCl2FN2O3/c1-3-6-22(30)35-23(33)12-9-16(18-7-4-5-8-20(18)28)14-31-26(34)24-15(2)25(29)32-21-11-10-17(27)13-19(21)24/h4-5,7-8,10-11,13,16,22H,3,6,9,12,14H2,1-2H3,(H,31,34). The average Bonchev–Trinajstić information content (AvgIpc) is 2.81. The highest BCUT2D eigenvalue weighted by Gasteiger charge is 2.22. The lowest BCUT2D eigenvalue weighted by molar-refractivity contribution is -0.158. The first kappa shape index (κ1) is 27.4. The Morgan fingerprint density at radius 3 is 2.63 bits per heavy atom. The number of benzene rings is 2. The van der Waals surface area contributed by atoms with Crippen LogP contribution in [-0.2, 0) is 9.53 Å². The van der Waals surface area contributed by atoms with Gasteiger partial charge in [0.15, 0.2) is 0 Å². The normalized spacial score (nSPS) is 12.9. The molecule has 0 aliphatic heterocycles. The van der Waals surface area contributed by atoms with Gasteiger partial charge < -0.3 is 10.1 Å². The second-order valence-electron chi connectivity index (χ2n) is 8.22. The van der Waals surface area contributed by atoms with Crippen LogP contribution in [0.25, 0.3) is 10.9 Å². The fourth-order valence-corrected chi connectivity index (χ4v) is 4.69. The number of carbonyl (C=O) groups is 2. The summed E-state index contributed by atoms with van der Waals surface area (Å²) in [5.41, 5.74) is 2.38. The van der Waals surface area contributed by atoms with Crippen LogP contribution in [0.2, 0.25) is 10.2 Å². The molecule has 0 aliphatic rings. The van der Waals surface area contributed by atoms with Crippen LogP contribution >= 0.6 is 39.1 Å². The number of fused-ring (bicyclic) bond motifs is 1. The minimum Gasteiger partial charge on any atom is -0.431 e. The number of pyridine rings is 1. The first-order valence-corrected chi connectivity index (χ1v) is 12.9. The topological polar surface area (TPSA) is 68.3 Å². The van der Waals surface area contributed by atoms with E-state index in [4.69, 9.17) is 27.9 Å². The first-order valence-electron chi connectivity index (χ1n) is 11.3. The van der Waals surface area contributed by atoms with Crippen LogP contribution in [0, 0.1) is 6.92 Å². The number of alkyl halides is 1. The van der Waals surface area contributed by atoms with E-state index in [1.165, 1.54) is 0 Å². The first-order chi connectivity index (χ1) is 16.7. The van der Waals surface area contributed by atoms with Gasteiger partial charge in [-0.2, -0.15) is 0 Å². The maximum atomic E-state index is 13.7. The molecule has 9 heteroatoms. The van der Waals surface area contributed by atoms with E-state index in [-0.39, 0.29) is 36.4 Å². The molecule has 0 radical (unpaired) electrons. The lowest BCUT2D eigenvalue weighted by Gasteiger charge is -2.20. The van der Waals surface area contributed by atoms with Gasteiger partial charge in [0.1, 0.15) is 5.15 Å². The van der Waals surface area contributed by atoms with Crippen molar-refractivity contribution in [1.29, 1.82) is 0 Å². The number of aromatic nitrogens is 1. The molecule has 0 saturated heterocycles. The van der Waals surface area contributed by atoms with Gasteiger partial charge in [-0.25, -0.2) is 9.37 Å². The molecule has 0 fully saturated rings. The molecule has 2 unspecified atom stereocenters. The summed E-state index contributed by atoms with van der Waals surface area (Å²) < 4.78 is 19.3. The van der Waals surface area contributed by atoms with E-state index >= 15 is 0 Å². The van der Waals surface area contributed by atoms with Gasteiger partial charge >= 0.3 is 5.97 Å².